The zero-order valence-corrected chi connectivity index (χ0v) is 7.70. The smallest absolute Gasteiger partial charge is 0.218 e. The van der Waals surface area contributed by atoms with Gasteiger partial charge in [0.2, 0.25) is 0 Å². The minimum absolute atomic E-state index is 0.183. The van der Waals surface area contributed by atoms with Crippen LogP contribution in [0.3, 0.4) is 0 Å². The van der Waals surface area contributed by atoms with Gasteiger partial charge in [-0.1, -0.05) is 0 Å². The summed E-state index contributed by atoms with van der Waals surface area (Å²) in [6, 6.07) is 0. The molecule has 0 bridgehead atoms. The van der Waals surface area contributed by atoms with Crippen LogP contribution in [0.15, 0.2) is 23.6 Å². The van der Waals surface area contributed by atoms with Crippen LogP contribution in [-0.2, 0) is 9.05 Å². The molecule has 0 radical (unpaired) electrons. The number of hydrogen-bond acceptors (Lipinski definition) is 5. The van der Waals surface area contributed by atoms with Gasteiger partial charge in [0, 0.05) is 10.7 Å². The first kappa shape index (κ1) is 8.39. The summed E-state index contributed by atoms with van der Waals surface area (Å²) in [6.45, 7) is 0. The summed E-state index contributed by atoms with van der Waals surface area (Å²) in [5.41, 5.74) is 0. The van der Waals surface area contributed by atoms with Gasteiger partial charge in [0.05, 0.1) is 18.6 Å². The van der Waals surface area contributed by atoms with Crippen LogP contribution in [0, 0.1) is 0 Å². The minimum Gasteiger partial charge on any atom is -0.218 e. The summed E-state index contributed by atoms with van der Waals surface area (Å²) < 4.78 is 22.9. The maximum Gasteiger partial charge on any atom is 0.280 e. The van der Waals surface area contributed by atoms with Gasteiger partial charge in [-0.3, -0.25) is 0 Å². The molecule has 0 saturated heterocycles. The first-order valence-electron chi connectivity index (χ1n) is 3.18. The van der Waals surface area contributed by atoms with Crippen molar-refractivity contribution >= 4 is 25.5 Å². The van der Waals surface area contributed by atoms with Gasteiger partial charge < -0.3 is 0 Å². The van der Waals surface area contributed by atoms with Crippen LogP contribution in [0.5, 0.6) is 0 Å². The number of imidazole rings is 1. The van der Waals surface area contributed by atoms with Crippen LogP contribution in [0.25, 0.3) is 5.78 Å². The Morgan fingerprint density at radius 2 is 2.08 bits per heavy atom. The molecule has 0 aliphatic heterocycles. The molecule has 0 saturated carbocycles. The first-order valence-corrected chi connectivity index (χ1v) is 5.49. The second kappa shape index (κ2) is 2.64. The largest absolute Gasteiger partial charge is 0.280 e. The van der Waals surface area contributed by atoms with E-state index in [1.165, 1.54) is 12.4 Å². The number of fused-ring (bicyclic) bond motifs is 1. The lowest BCUT2D eigenvalue weighted by Gasteiger charge is -1.92. The van der Waals surface area contributed by atoms with Crippen LogP contribution in [0.4, 0.5) is 0 Å². The lowest BCUT2D eigenvalue weighted by Crippen LogP contribution is -2.00. The third kappa shape index (κ3) is 1.36. The molecule has 2 aromatic rings. The maximum atomic E-state index is 10.9. The molecule has 0 amide bonds. The second-order valence-electron chi connectivity index (χ2n) is 2.19. The van der Waals surface area contributed by atoms with E-state index in [1.54, 1.807) is 0 Å². The van der Waals surface area contributed by atoms with Crippen molar-refractivity contribution in [3.05, 3.63) is 18.6 Å². The van der Waals surface area contributed by atoms with Crippen molar-refractivity contribution in [1.29, 1.82) is 0 Å². The molecule has 2 heterocycles. The molecule has 0 N–H and O–H groups in total. The standard InChI is InChI=1S/C5H3ClN4O2S/c6-13(11,12)4-3-8-5-7-1-2-9-10(4)5/h1-3H. The van der Waals surface area contributed by atoms with E-state index in [0.717, 1.165) is 10.7 Å². The summed E-state index contributed by atoms with van der Waals surface area (Å²) in [5.74, 6) is 0.196. The van der Waals surface area contributed by atoms with Crippen molar-refractivity contribution in [3.63, 3.8) is 0 Å². The Balaban J connectivity index is 2.87. The Hall–Kier alpha value is -1.21. The molecule has 8 heteroatoms. The molecular formula is C5H3ClN4O2S. The highest BCUT2D eigenvalue weighted by atomic mass is 35.7. The normalized spacial score (nSPS) is 12.1. The van der Waals surface area contributed by atoms with Crippen LogP contribution < -0.4 is 0 Å². The molecule has 0 atom stereocenters. The van der Waals surface area contributed by atoms with E-state index in [1.807, 2.05) is 0 Å². The molecule has 2 aromatic heterocycles. The number of aromatic nitrogens is 4. The topological polar surface area (TPSA) is 77.2 Å². The number of hydrogen-bond donors (Lipinski definition) is 0. The fraction of sp³-hybridized carbons (Fsp3) is 0. The molecule has 0 unspecified atom stereocenters. The highest BCUT2D eigenvalue weighted by Gasteiger charge is 2.16. The van der Waals surface area contributed by atoms with Gasteiger partial charge in [0.1, 0.15) is 0 Å². The summed E-state index contributed by atoms with van der Waals surface area (Å²) in [5, 5.41) is 3.55. The summed E-state index contributed by atoms with van der Waals surface area (Å²) >= 11 is 0. The van der Waals surface area contributed by atoms with E-state index in [4.69, 9.17) is 10.7 Å². The molecule has 2 rings (SSSR count). The fourth-order valence-corrected chi connectivity index (χ4v) is 1.71. The van der Waals surface area contributed by atoms with Crippen LogP contribution >= 0.6 is 10.7 Å². The van der Waals surface area contributed by atoms with E-state index < -0.39 is 9.05 Å². The third-order valence-corrected chi connectivity index (χ3v) is 2.63. The van der Waals surface area contributed by atoms with E-state index in [-0.39, 0.29) is 10.8 Å². The summed E-state index contributed by atoms with van der Waals surface area (Å²) in [4.78, 5) is 7.49. The molecule has 0 fully saturated rings. The lowest BCUT2D eigenvalue weighted by molar-refractivity contribution is 0.601. The van der Waals surface area contributed by atoms with Crippen molar-refractivity contribution in [2.45, 2.75) is 5.03 Å². The Bertz CT molecular complexity index is 548. The van der Waals surface area contributed by atoms with Gasteiger partial charge in [0.25, 0.3) is 14.8 Å². The molecule has 68 valence electrons. The number of halogens is 1. The fourth-order valence-electron chi connectivity index (χ4n) is 0.880. The number of rotatable bonds is 1. The summed E-state index contributed by atoms with van der Waals surface area (Å²) in [7, 11) is 1.31. The molecule has 6 nitrogen and oxygen atoms in total. The minimum atomic E-state index is -3.82. The van der Waals surface area contributed by atoms with Crippen molar-refractivity contribution in [1.82, 2.24) is 19.6 Å². The zero-order chi connectivity index (χ0) is 9.47. The third-order valence-electron chi connectivity index (χ3n) is 1.38. The van der Waals surface area contributed by atoms with E-state index in [2.05, 4.69) is 15.1 Å². The average molecular weight is 219 g/mol. The van der Waals surface area contributed by atoms with Gasteiger partial charge in [0.15, 0.2) is 5.03 Å². The zero-order valence-electron chi connectivity index (χ0n) is 6.12. The van der Waals surface area contributed by atoms with Crippen molar-refractivity contribution in [3.8, 4) is 0 Å². The monoisotopic (exact) mass is 218 g/mol. The van der Waals surface area contributed by atoms with Crippen LogP contribution in [-0.4, -0.2) is 28.0 Å². The SMILES string of the molecule is O=S(=O)(Cl)c1cnc2nccnn12. The van der Waals surface area contributed by atoms with Gasteiger partial charge >= 0.3 is 0 Å². The highest BCUT2D eigenvalue weighted by Crippen LogP contribution is 2.13. The molecule has 0 aromatic carbocycles. The van der Waals surface area contributed by atoms with Crippen molar-refractivity contribution < 1.29 is 8.42 Å². The van der Waals surface area contributed by atoms with E-state index in [0.29, 0.717) is 0 Å². The Morgan fingerprint density at radius 3 is 2.77 bits per heavy atom. The molecule has 0 aliphatic rings. The van der Waals surface area contributed by atoms with Gasteiger partial charge in [-0.25, -0.2) is 18.4 Å². The van der Waals surface area contributed by atoms with Gasteiger partial charge in [-0.05, 0) is 0 Å². The molecule has 13 heavy (non-hydrogen) atoms. The van der Waals surface area contributed by atoms with Crippen molar-refractivity contribution in [2.24, 2.45) is 0 Å². The lowest BCUT2D eigenvalue weighted by atomic mass is 10.9. The molecule has 0 aliphatic carbocycles. The van der Waals surface area contributed by atoms with Crippen LogP contribution in [0.1, 0.15) is 0 Å². The first-order chi connectivity index (χ1) is 6.09. The Kier molecular flexibility index (Phi) is 1.70. The Morgan fingerprint density at radius 1 is 1.31 bits per heavy atom. The summed E-state index contributed by atoms with van der Waals surface area (Å²) in [6.07, 6.45) is 3.87. The van der Waals surface area contributed by atoms with E-state index >= 15 is 0 Å². The molecule has 0 spiro atoms. The maximum absolute atomic E-state index is 10.9. The average Bonchev–Trinajstić information content (AvgIpc) is 2.45. The predicted octanol–water partition coefficient (Wildman–Crippen LogP) is 0.0518. The highest BCUT2D eigenvalue weighted by molar-refractivity contribution is 8.13. The van der Waals surface area contributed by atoms with E-state index in [9.17, 15) is 8.42 Å². The van der Waals surface area contributed by atoms with Crippen molar-refractivity contribution in [2.75, 3.05) is 0 Å². The quantitative estimate of drug-likeness (QED) is 0.632. The van der Waals surface area contributed by atoms with Crippen LogP contribution in [0.2, 0.25) is 0 Å². The second-order valence-corrected chi connectivity index (χ2v) is 4.70. The number of nitrogens with zero attached hydrogens (tertiary/aromatic N) is 4. The molecular weight excluding hydrogens is 216 g/mol. The Labute approximate surface area is 77.6 Å². The van der Waals surface area contributed by atoms with Gasteiger partial charge in [-0.15, -0.1) is 0 Å². The predicted molar refractivity (Wildman–Crippen MR) is 43.8 cm³/mol. The van der Waals surface area contributed by atoms with Gasteiger partial charge in [-0.2, -0.15) is 9.61 Å².